The third-order valence-corrected chi connectivity index (χ3v) is 6.50. The minimum absolute atomic E-state index is 0.0601. The quantitative estimate of drug-likeness (QED) is 0.351. The highest BCUT2D eigenvalue weighted by Gasteiger charge is 2.22. The molecule has 0 spiro atoms. The highest BCUT2D eigenvalue weighted by Crippen LogP contribution is 2.31. The number of hydrogen-bond acceptors (Lipinski definition) is 7. The standard InChI is InChI=1S/C22H28FN3O6S.C4H10N/c1-13(2)20-18(10-9-16(27)11-17(28)12-19(29)30)21(14-5-7-15(23)8-6-14)25-22(24-20)26(3)33(4,31)32;1-2-3-4-5/h5-10,13,16-17,27-28H,11-12H2,1-4H3,(H,29,30);5H,2-4H2,1H3/q;-1/b10-9+;/t16-,17-;/m1./s1. The van der Waals surface area contributed by atoms with Crippen molar-refractivity contribution in [2.24, 2.45) is 0 Å². The first-order chi connectivity index (χ1) is 17.7. The molecule has 1 heterocycles. The molecule has 0 radical (unpaired) electrons. The number of nitrogens with zero attached hydrogens (tertiary/aromatic N) is 3. The molecule has 4 N–H and O–H groups in total. The Morgan fingerprint density at radius 2 is 1.79 bits per heavy atom. The summed E-state index contributed by atoms with van der Waals surface area (Å²) in [5.74, 6) is -1.87. The first kappa shape index (κ1) is 33.1. The fourth-order valence-electron chi connectivity index (χ4n) is 3.22. The monoisotopic (exact) mass is 553 g/mol. The summed E-state index contributed by atoms with van der Waals surface area (Å²) < 4.78 is 38.6. The summed E-state index contributed by atoms with van der Waals surface area (Å²) >= 11 is 0. The number of aliphatic hydroxyl groups is 2. The van der Waals surface area contributed by atoms with Crippen LogP contribution in [0.1, 0.15) is 63.6 Å². The molecule has 0 saturated heterocycles. The lowest BCUT2D eigenvalue weighted by atomic mass is 9.97. The van der Waals surface area contributed by atoms with Crippen molar-refractivity contribution in [1.82, 2.24) is 9.97 Å². The van der Waals surface area contributed by atoms with Crippen molar-refractivity contribution in [2.45, 2.75) is 64.6 Å². The van der Waals surface area contributed by atoms with E-state index in [1.165, 1.54) is 43.5 Å². The smallest absolute Gasteiger partial charge is 0.305 e. The molecule has 2 atom stereocenters. The van der Waals surface area contributed by atoms with Crippen molar-refractivity contribution >= 4 is 28.0 Å². The molecule has 0 fully saturated rings. The van der Waals surface area contributed by atoms with Gasteiger partial charge in [0.15, 0.2) is 0 Å². The Balaban J connectivity index is 0.00000132. The third kappa shape index (κ3) is 10.8. The van der Waals surface area contributed by atoms with E-state index in [0.717, 1.165) is 23.4 Å². The van der Waals surface area contributed by atoms with Gasteiger partial charge in [0.25, 0.3) is 0 Å². The second-order valence-electron chi connectivity index (χ2n) is 9.08. The number of aromatic nitrogens is 2. The maximum Gasteiger partial charge on any atom is 0.305 e. The van der Waals surface area contributed by atoms with Crippen LogP contribution in [0.3, 0.4) is 0 Å². The number of hydrogen-bond donors (Lipinski definition) is 3. The van der Waals surface area contributed by atoms with Gasteiger partial charge in [-0.2, -0.15) is 6.54 Å². The van der Waals surface area contributed by atoms with E-state index in [1.807, 2.05) is 13.8 Å². The van der Waals surface area contributed by atoms with Crippen LogP contribution in [0.5, 0.6) is 0 Å². The van der Waals surface area contributed by atoms with Gasteiger partial charge >= 0.3 is 5.97 Å². The lowest BCUT2D eigenvalue weighted by molar-refractivity contribution is -0.139. The molecule has 0 amide bonds. The van der Waals surface area contributed by atoms with Gasteiger partial charge in [-0.1, -0.05) is 45.8 Å². The maximum atomic E-state index is 13.5. The number of aliphatic hydroxyl groups excluding tert-OH is 2. The molecule has 1 aromatic heterocycles. The number of carboxylic acid groups (broad SMARTS) is 1. The van der Waals surface area contributed by atoms with E-state index in [0.29, 0.717) is 29.1 Å². The van der Waals surface area contributed by atoms with Crippen molar-refractivity contribution < 1.29 is 32.9 Å². The van der Waals surface area contributed by atoms with Crippen LogP contribution in [0.25, 0.3) is 23.1 Å². The minimum Gasteiger partial charge on any atom is -0.677 e. The zero-order valence-corrected chi connectivity index (χ0v) is 23.2. The Kier molecular flexibility index (Phi) is 13.5. The molecule has 212 valence electrons. The van der Waals surface area contributed by atoms with Crippen molar-refractivity contribution in [3.05, 3.63) is 53.1 Å². The summed E-state index contributed by atoms with van der Waals surface area (Å²) in [5, 5.41) is 28.8. The Labute approximate surface area is 224 Å². The number of benzene rings is 1. The Morgan fingerprint density at radius 3 is 2.24 bits per heavy atom. The van der Waals surface area contributed by atoms with Gasteiger partial charge in [0.05, 0.1) is 36.3 Å². The molecular formula is C26H38FN4O6S-. The number of carbonyl (C=O) groups is 1. The number of aliphatic carboxylic acids is 1. The summed E-state index contributed by atoms with van der Waals surface area (Å²) in [6, 6.07) is 5.49. The summed E-state index contributed by atoms with van der Waals surface area (Å²) in [4.78, 5) is 19.6. The van der Waals surface area contributed by atoms with Crippen LogP contribution in [0, 0.1) is 5.82 Å². The highest BCUT2D eigenvalue weighted by atomic mass is 32.2. The lowest BCUT2D eigenvalue weighted by Gasteiger charge is -2.20. The predicted octanol–water partition coefficient (Wildman–Crippen LogP) is 4.24. The topological polar surface area (TPSA) is 165 Å². The Morgan fingerprint density at radius 1 is 1.18 bits per heavy atom. The minimum atomic E-state index is -3.65. The molecule has 1 aromatic carbocycles. The molecule has 0 aliphatic heterocycles. The van der Waals surface area contributed by atoms with Crippen LogP contribution in [0.2, 0.25) is 0 Å². The number of anilines is 1. The van der Waals surface area contributed by atoms with Crippen molar-refractivity contribution in [2.75, 3.05) is 24.2 Å². The van der Waals surface area contributed by atoms with Gasteiger partial charge in [-0.05, 0) is 30.2 Å². The van der Waals surface area contributed by atoms with Crippen molar-refractivity contribution in [3.8, 4) is 11.3 Å². The summed E-state index contributed by atoms with van der Waals surface area (Å²) in [7, 11) is -2.33. The number of nitrogens with one attached hydrogen (secondary N) is 1. The highest BCUT2D eigenvalue weighted by molar-refractivity contribution is 7.92. The van der Waals surface area contributed by atoms with E-state index >= 15 is 0 Å². The third-order valence-electron chi connectivity index (χ3n) is 5.35. The summed E-state index contributed by atoms with van der Waals surface area (Å²) in [5.41, 5.74) is 8.40. The van der Waals surface area contributed by atoms with Crippen LogP contribution >= 0.6 is 0 Å². The number of carboxylic acids is 1. The molecule has 0 bridgehead atoms. The normalized spacial score (nSPS) is 13.2. The number of sulfonamides is 1. The van der Waals surface area contributed by atoms with E-state index in [2.05, 4.69) is 16.9 Å². The van der Waals surface area contributed by atoms with Gasteiger partial charge in [0, 0.05) is 24.6 Å². The lowest BCUT2D eigenvalue weighted by Crippen LogP contribution is -2.27. The number of rotatable bonds is 12. The van der Waals surface area contributed by atoms with Crippen LogP contribution in [-0.2, 0) is 14.8 Å². The number of halogens is 1. The van der Waals surface area contributed by atoms with Crippen LogP contribution < -0.4 is 4.31 Å². The second-order valence-corrected chi connectivity index (χ2v) is 11.1. The van der Waals surface area contributed by atoms with Crippen LogP contribution in [0.15, 0.2) is 30.3 Å². The van der Waals surface area contributed by atoms with E-state index in [1.54, 1.807) is 0 Å². The van der Waals surface area contributed by atoms with Gasteiger partial charge in [-0.15, -0.1) is 0 Å². The van der Waals surface area contributed by atoms with Gasteiger partial charge in [-0.25, -0.2) is 27.1 Å². The molecule has 0 aliphatic carbocycles. The van der Waals surface area contributed by atoms with Crippen LogP contribution in [-0.4, -0.2) is 71.7 Å². The first-order valence-corrected chi connectivity index (χ1v) is 14.1. The van der Waals surface area contributed by atoms with E-state index in [-0.39, 0.29) is 18.3 Å². The molecular weight excluding hydrogens is 515 g/mol. The maximum absolute atomic E-state index is 13.5. The molecule has 10 nitrogen and oxygen atoms in total. The number of unbranched alkanes of at least 4 members (excludes halogenated alkanes) is 1. The van der Waals surface area contributed by atoms with Gasteiger partial charge < -0.3 is 21.1 Å². The first-order valence-electron chi connectivity index (χ1n) is 12.2. The van der Waals surface area contributed by atoms with Gasteiger partial charge in [-0.3, -0.25) is 4.79 Å². The molecule has 0 aliphatic rings. The Hall–Kier alpha value is -2.93. The fraction of sp³-hybridized carbons (Fsp3) is 0.500. The summed E-state index contributed by atoms with van der Waals surface area (Å²) in [6.45, 7) is 6.39. The molecule has 12 heteroatoms. The van der Waals surface area contributed by atoms with Crippen molar-refractivity contribution in [1.29, 1.82) is 0 Å². The average Bonchev–Trinajstić information content (AvgIpc) is 2.82. The predicted molar refractivity (Wildman–Crippen MR) is 147 cm³/mol. The van der Waals surface area contributed by atoms with E-state index < -0.39 is 40.4 Å². The summed E-state index contributed by atoms with van der Waals surface area (Å²) in [6.07, 6.45) is 3.07. The second kappa shape index (κ2) is 15.5. The SMILES string of the molecule is CC(C)c1nc(N(C)S(C)(=O)=O)nc(-c2ccc(F)cc2)c1/C=C/[C@@H](O)C[C@@H](O)CC(=O)O.CCCC[NH-]. The van der Waals surface area contributed by atoms with E-state index in [9.17, 15) is 27.8 Å². The van der Waals surface area contributed by atoms with Gasteiger partial charge in [0.1, 0.15) is 5.82 Å². The average molecular weight is 554 g/mol. The van der Waals surface area contributed by atoms with Crippen LogP contribution in [0.4, 0.5) is 10.3 Å². The molecule has 38 heavy (non-hydrogen) atoms. The van der Waals surface area contributed by atoms with Crippen molar-refractivity contribution in [3.63, 3.8) is 0 Å². The molecule has 2 aromatic rings. The molecule has 0 unspecified atom stereocenters. The van der Waals surface area contributed by atoms with Gasteiger partial charge in [0.2, 0.25) is 16.0 Å². The Bertz CT molecular complexity index is 1170. The molecule has 0 saturated carbocycles. The van der Waals surface area contributed by atoms with E-state index in [4.69, 9.17) is 10.8 Å². The fourth-order valence-corrected chi connectivity index (χ4v) is 3.60. The molecule has 2 rings (SSSR count). The zero-order chi connectivity index (χ0) is 29.0. The largest absolute Gasteiger partial charge is 0.677 e. The zero-order valence-electron chi connectivity index (χ0n) is 22.4.